The molecule has 1 aromatic rings. The van der Waals surface area contributed by atoms with Crippen molar-refractivity contribution in [3.63, 3.8) is 0 Å². The van der Waals surface area contributed by atoms with Crippen LogP contribution in [0.2, 0.25) is 0 Å². The molecule has 0 aromatic carbocycles. The summed E-state index contributed by atoms with van der Waals surface area (Å²) in [6, 6.07) is 0.736. The van der Waals surface area contributed by atoms with Gasteiger partial charge in [0.15, 0.2) is 5.96 Å². The molecular formula is C20H38N6O. The standard InChI is InChI=1S/C20H38N6O/c1-5-21-19(23-16-20(3,27)18-14-24-25(4)15-18)22-11-7-9-13-26-12-8-6-10-17(26)2/h14-15,17,27H,5-13,16H2,1-4H3,(H2,21,22,23). The zero-order valence-electron chi connectivity index (χ0n) is 17.5. The predicted molar refractivity (Wildman–Crippen MR) is 111 cm³/mol. The molecule has 154 valence electrons. The molecule has 0 radical (unpaired) electrons. The van der Waals surface area contributed by atoms with Gasteiger partial charge in [-0.15, -0.1) is 0 Å². The van der Waals surface area contributed by atoms with Crippen LogP contribution in [0.4, 0.5) is 0 Å². The first-order chi connectivity index (χ1) is 12.9. The van der Waals surface area contributed by atoms with Gasteiger partial charge < -0.3 is 20.6 Å². The van der Waals surface area contributed by atoms with Gasteiger partial charge in [0.05, 0.1) is 12.7 Å². The third-order valence-corrected chi connectivity index (χ3v) is 5.32. The first-order valence-corrected chi connectivity index (χ1v) is 10.4. The summed E-state index contributed by atoms with van der Waals surface area (Å²) in [7, 11) is 1.85. The first kappa shape index (κ1) is 21.7. The van der Waals surface area contributed by atoms with Crippen molar-refractivity contribution >= 4 is 5.96 Å². The lowest BCUT2D eigenvalue weighted by Crippen LogP contribution is -2.40. The minimum Gasteiger partial charge on any atom is -0.383 e. The number of likely N-dealkylation sites (tertiary alicyclic amines) is 1. The molecule has 2 atom stereocenters. The Bertz CT molecular complexity index is 583. The number of nitrogens with zero attached hydrogens (tertiary/aromatic N) is 4. The summed E-state index contributed by atoms with van der Waals surface area (Å²) in [6.07, 6.45) is 9.90. The first-order valence-electron chi connectivity index (χ1n) is 10.4. The molecule has 27 heavy (non-hydrogen) atoms. The van der Waals surface area contributed by atoms with Gasteiger partial charge in [-0.05, 0) is 59.5 Å². The SMILES string of the molecule is CCNC(=NCC(C)(O)c1cnn(C)c1)NCCCCN1CCCCC1C. The second kappa shape index (κ2) is 10.7. The molecule has 0 spiro atoms. The van der Waals surface area contributed by atoms with Crippen molar-refractivity contribution < 1.29 is 5.11 Å². The smallest absolute Gasteiger partial charge is 0.191 e. The van der Waals surface area contributed by atoms with Gasteiger partial charge in [0.25, 0.3) is 0 Å². The quantitative estimate of drug-likeness (QED) is 0.347. The van der Waals surface area contributed by atoms with Crippen LogP contribution in [0.5, 0.6) is 0 Å². The van der Waals surface area contributed by atoms with E-state index in [1.54, 1.807) is 17.8 Å². The van der Waals surface area contributed by atoms with E-state index in [4.69, 9.17) is 0 Å². The van der Waals surface area contributed by atoms with E-state index in [0.717, 1.165) is 37.1 Å². The number of piperidine rings is 1. The summed E-state index contributed by atoms with van der Waals surface area (Å²) in [4.78, 5) is 7.19. The van der Waals surface area contributed by atoms with Crippen LogP contribution in [0.3, 0.4) is 0 Å². The fraction of sp³-hybridized carbons (Fsp3) is 0.800. The molecule has 7 heteroatoms. The Balaban J connectivity index is 1.74. The summed E-state index contributed by atoms with van der Waals surface area (Å²) in [6.45, 7) is 10.6. The lowest BCUT2D eigenvalue weighted by molar-refractivity contribution is 0.0672. The van der Waals surface area contributed by atoms with Crippen molar-refractivity contribution in [3.8, 4) is 0 Å². The highest BCUT2D eigenvalue weighted by Gasteiger charge is 2.24. The number of guanidine groups is 1. The number of aryl methyl sites for hydroxylation is 1. The Morgan fingerprint density at radius 2 is 2.19 bits per heavy atom. The second-order valence-corrected chi connectivity index (χ2v) is 7.89. The lowest BCUT2D eigenvalue weighted by atomic mass is 10.0. The molecule has 0 aliphatic carbocycles. The molecular weight excluding hydrogens is 340 g/mol. The van der Waals surface area contributed by atoms with E-state index in [1.807, 2.05) is 20.2 Å². The van der Waals surface area contributed by atoms with Crippen LogP contribution in [-0.2, 0) is 12.6 Å². The van der Waals surface area contributed by atoms with E-state index in [0.29, 0.717) is 6.54 Å². The van der Waals surface area contributed by atoms with Crippen molar-refractivity contribution in [1.82, 2.24) is 25.3 Å². The molecule has 1 fully saturated rings. The molecule has 2 rings (SSSR count). The van der Waals surface area contributed by atoms with E-state index in [1.165, 1.54) is 38.8 Å². The molecule has 7 nitrogen and oxygen atoms in total. The maximum absolute atomic E-state index is 10.7. The lowest BCUT2D eigenvalue weighted by Gasteiger charge is -2.33. The average molecular weight is 379 g/mol. The van der Waals surface area contributed by atoms with Crippen molar-refractivity contribution in [2.45, 2.75) is 64.5 Å². The van der Waals surface area contributed by atoms with E-state index in [9.17, 15) is 5.11 Å². The van der Waals surface area contributed by atoms with Gasteiger partial charge in [-0.2, -0.15) is 5.10 Å². The fourth-order valence-electron chi connectivity index (χ4n) is 3.50. The predicted octanol–water partition coefficient (Wildman–Crippen LogP) is 1.84. The molecule has 3 N–H and O–H groups in total. The van der Waals surface area contributed by atoms with Gasteiger partial charge in [-0.25, -0.2) is 4.99 Å². The Labute approximate surface area is 164 Å². The number of hydrogen-bond donors (Lipinski definition) is 3. The summed E-state index contributed by atoms with van der Waals surface area (Å²) in [5.41, 5.74) is -0.249. The second-order valence-electron chi connectivity index (χ2n) is 7.89. The number of aromatic nitrogens is 2. The molecule has 2 heterocycles. The Hall–Kier alpha value is -1.60. The average Bonchev–Trinajstić information content (AvgIpc) is 3.08. The monoisotopic (exact) mass is 378 g/mol. The summed E-state index contributed by atoms with van der Waals surface area (Å²) < 4.78 is 1.69. The van der Waals surface area contributed by atoms with E-state index < -0.39 is 5.60 Å². The highest BCUT2D eigenvalue weighted by molar-refractivity contribution is 5.79. The van der Waals surface area contributed by atoms with E-state index in [2.05, 4.69) is 32.5 Å². The maximum Gasteiger partial charge on any atom is 0.191 e. The minimum atomic E-state index is -1.03. The third-order valence-electron chi connectivity index (χ3n) is 5.32. The molecule has 1 saturated heterocycles. The van der Waals surface area contributed by atoms with Crippen LogP contribution >= 0.6 is 0 Å². The van der Waals surface area contributed by atoms with E-state index >= 15 is 0 Å². The summed E-state index contributed by atoms with van der Waals surface area (Å²) in [5, 5.41) is 21.4. The van der Waals surface area contributed by atoms with Crippen molar-refractivity contribution in [2.24, 2.45) is 12.0 Å². The topological polar surface area (TPSA) is 77.7 Å². The van der Waals surface area contributed by atoms with Crippen LogP contribution in [-0.4, -0.2) is 64.5 Å². The number of aliphatic imine (C=N–C) groups is 1. The molecule has 0 amide bonds. The highest BCUT2D eigenvalue weighted by atomic mass is 16.3. The van der Waals surface area contributed by atoms with Gasteiger partial charge in [0, 0.05) is 37.9 Å². The number of nitrogens with one attached hydrogen (secondary N) is 2. The largest absolute Gasteiger partial charge is 0.383 e. The van der Waals surface area contributed by atoms with E-state index in [-0.39, 0.29) is 0 Å². The molecule has 0 bridgehead atoms. The summed E-state index contributed by atoms with van der Waals surface area (Å²) in [5.74, 6) is 0.757. The number of hydrogen-bond acceptors (Lipinski definition) is 4. The minimum absolute atomic E-state index is 0.291. The van der Waals surface area contributed by atoms with Crippen LogP contribution in [0, 0.1) is 0 Å². The number of rotatable bonds is 9. The van der Waals surface area contributed by atoms with Gasteiger partial charge in [0.2, 0.25) is 0 Å². The normalized spacial score (nSPS) is 21.1. The maximum atomic E-state index is 10.7. The van der Waals surface area contributed by atoms with Crippen LogP contribution in [0.1, 0.15) is 58.4 Å². The summed E-state index contributed by atoms with van der Waals surface area (Å²) >= 11 is 0. The van der Waals surface area contributed by atoms with Crippen molar-refractivity contribution in [2.75, 3.05) is 32.7 Å². The van der Waals surface area contributed by atoms with Gasteiger partial charge in [0.1, 0.15) is 5.60 Å². The van der Waals surface area contributed by atoms with Gasteiger partial charge in [-0.1, -0.05) is 6.42 Å². The number of aliphatic hydroxyl groups is 1. The van der Waals surface area contributed by atoms with Crippen LogP contribution < -0.4 is 10.6 Å². The number of unbranched alkanes of at least 4 members (excludes halogenated alkanes) is 1. The van der Waals surface area contributed by atoms with Crippen LogP contribution in [0.15, 0.2) is 17.4 Å². The molecule has 1 aliphatic heterocycles. The van der Waals surface area contributed by atoms with Crippen LogP contribution in [0.25, 0.3) is 0 Å². The van der Waals surface area contributed by atoms with Gasteiger partial charge >= 0.3 is 0 Å². The van der Waals surface area contributed by atoms with Gasteiger partial charge in [-0.3, -0.25) is 4.68 Å². The molecule has 0 saturated carbocycles. The molecule has 1 aliphatic rings. The zero-order chi connectivity index (χ0) is 19.7. The third kappa shape index (κ3) is 7.14. The van der Waals surface area contributed by atoms with Crippen molar-refractivity contribution in [1.29, 1.82) is 0 Å². The molecule has 1 aromatic heterocycles. The molecule has 2 unspecified atom stereocenters. The Morgan fingerprint density at radius 1 is 1.37 bits per heavy atom. The fourth-order valence-corrected chi connectivity index (χ4v) is 3.50. The Morgan fingerprint density at radius 3 is 2.85 bits per heavy atom. The Kier molecular flexibility index (Phi) is 8.57. The van der Waals surface area contributed by atoms with Crippen molar-refractivity contribution in [3.05, 3.63) is 18.0 Å². The highest BCUT2D eigenvalue weighted by Crippen LogP contribution is 2.20. The zero-order valence-corrected chi connectivity index (χ0v) is 17.5.